The van der Waals surface area contributed by atoms with Gasteiger partial charge in [-0.2, -0.15) is 5.26 Å². The quantitative estimate of drug-likeness (QED) is 0.394. The van der Waals surface area contributed by atoms with Crippen LogP contribution < -0.4 is 5.32 Å². The maximum Gasteiger partial charge on any atom is 0.234 e. The third-order valence-electron chi connectivity index (χ3n) is 5.64. The maximum atomic E-state index is 12.8. The van der Waals surface area contributed by atoms with Gasteiger partial charge in [-0.1, -0.05) is 43.2 Å². The molecular weight excluding hydrogens is 426 g/mol. The van der Waals surface area contributed by atoms with Crippen LogP contribution in [-0.4, -0.2) is 26.4 Å². The fourth-order valence-electron chi connectivity index (χ4n) is 4.17. The van der Waals surface area contributed by atoms with E-state index in [1.165, 1.54) is 18.2 Å². The van der Waals surface area contributed by atoms with E-state index < -0.39 is 0 Å². The summed E-state index contributed by atoms with van der Waals surface area (Å²) in [6.07, 6.45) is 7.29. The van der Waals surface area contributed by atoms with Gasteiger partial charge in [0.05, 0.1) is 12.0 Å². The molecule has 8 nitrogen and oxygen atoms in total. The molecule has 1 aliphatic carbocycles. The first kappa shape index (κ1) is 20.4. The molecule has 4 aromatic rings. The summed E-state index contributed by atoms with van der Waals surface area (Å²) in [5.41, 5.74) is 0.964. The molecule has 1 N–H and O–H groups in total. The number of amides is 1. The van der Waals surface area contributed by atoms with E-state index in [2.05, 4.69) is 20.1 Å². The van der Waals surface area contributed by atoms with Crippen molar-refractivity contribution in [2.24, 2.45) is 0 Å². The van der Waals surface area contributed by atoms with Crippen LogP contribution in [0.3, 0.4) is 0 Å². The van der Waals surface area contributed by atoms with Crippen molar-refractivity contribution in [2.75, 3.05) is 11.1 Å². The van der Waals surface area contributed by atoms with Crippen LogP contribution in [0, 0.1) is 11.3 Å². The third-order valence-corrected chi connectivity index (χ3v) is 6.58. The van der Waals surface area contributed by atoms with Gasteiger partial charge >= 0.3 is 0 Å². The number of carbonyl (C=O) groups excluding carboxylic acids is 1. The molecule has 1 aliphatic rings. The second kappa shape index (κ2) is 8.93. The van der Waals surface area contributed by atoms with Crippen molar-refractivity contribution in [3.8, 4) is 17.7 Å². The Morgan fingerprint density at radius 3 is 2.81 bits per heavy atom. The average Bonchev–Trinajstić information content (AvgIpc) is 3.57. The third kappa shape index (κ3) is 3.89. The molecule has 0 spiro atoms. The van der Waals surface area contributed by atoms with Crippen molar-refractivity contribution < 1.29 is 13.6 Å². The summed E-state index contributed by atoms with van der Waals surface area (Å²) in [6.45, 7) is 0. The first-order valence-electron chi connectivity index (χ1n) is 10.6. The second-order valence-corrected chi connectivity index (χ2v) is 8.64. The van der Waals surface area contributed by atoms with Crippen molar-refractivity contribution >= 4 is 34.3 Å². The Kier molecular flexibility index (Phi) is 5.69. The lowest BCUT2D eigenvalue weighted by Crippen LogP contribution is -2.17. The van der Waals surface area contributed by atoms with Crippen molar-refractivity contribution in [2.45, 2.75) is 43.3 Å². The number of aromatic nitrogens is 3. The van der Waals surface area contributed by atoms with Gasteiger partial charge in [-0.25, -0.2) is 0 Å². The molecule has 0 saturated heterocycles. The van der Waals surface area contributed by atoms with Crippen molar-refractivity contribution in [3.05, 3.63) is 48.4 Å². The largest absolute Gasteiger partial charge is 0.461 e. The highest BCUT2D eigenvalue weighted by molar-refractivity contribution is 7.99. The zero-order valence-electron chi connectivity index (χ0n) is 17.3. The van der Waals surface area contributed by atoms with Crippen LogP contribution in [-0.2, 0) is 4.79 Å². The SMILES string of the molecule is N#Cc1oc2ccccc2c1NC(=O)CSc1nnc(-c2ccco2)n1C1CCCCC1. The predicted molar refractivity (Wildman–Crippen MR) is 120 cm³/mol. The summed E-state index contributed by atoms with van der Waals surface area (Å²) in [6, 6.07) is 13.2. The van der Waals surface area contributed by atoms with Gasteiger partial charge in [0.1, 0.15) is 17.3 Å². The van der Waals surface area contributed by atoms with E-state index in [1.54, 1.807) is 12.3 Å². The van der Waals surface area contributed by atoms with E-state index in [9.17, 15) is 10.1 Å². The summed E-state index contributed by atoms with van der Waals surface area (Å²) >= 11 is 1.33. The van der Waals surface area contributed by atoms with Gasteiger partial charge in [0.2, 0.25) is 17.5 Å². The van der Waals surface area contributed by atoms with Gasteiger partial charge in [0.25, 0.3) is 0 Å². The van der Waals surface area contributed by atoms with Gasteiger partial charge in [0, 0.05) is 11.4 Å². The highest BCUT2D eigenvalue weighted by Gasteiger charge is 2.25. The Hall–Kier alpha value is -3.51. The summed E-state index contributed by atoms with van der Waals surface area (Å²) in [5.74, 6) is 1.35. The van der Waals surface area contributed by atoms with Crippen molar-refractivity contribution in [1.82, 2.24) is 14.8 Å². The molecule has 0 atom stereocenters. The molecule has 32 heavy (non-hydrogen) atoms. The normalized spacial score (nSPS) is 14.5. The van der Waals surface area contributed by atoms with E-state index in [-0.39, 0.29) is 23.5 Å². The Balaban J connectivity index is 1.36. The summed E-state index contributed by atoms with van der Waals surface area (Å²) < 4.78 is 13.2. The number of fused-ring (bicyclic) bond motifs is 1. The molecule has 0 bridgehead atoms. The molecule has 5 rings (SSSR count). The number of rotatable bonds is 6. The zero-order valence-corrected chi connectivity index (χ0v) is 18.1. The van der Waals surface area contributed by atoms with Crippen molar-refractivity contribution in [3.63, 3.8) is 0 Å². The molecule has 1 amide bonds. The van der Waals surface area contributed by atoms with E-state index in [0.717, 1.165) is 25.7 Å². The molecule has 1 aromatic carbocycles. The van der Waals surface area contributed by atoms with E-state index >= 15 is 0 Å². The molecule has 0 radical (unpaired) electrons. The number of hydrogen-bond acceptors (Lipinski definition) is 7. The monoisotopic (exact) mass is 447 g/mol. The molecule has 1 saturated carbocycles. The van der Waals surface area contributed by atoms with Gasteiger partial charge in [-0.15, -0.1) is 10.2 Å². The van der Waals surface area contributed by atoms with E-state index in [4.69, 9.17) is 8.83 Å². The van der Waals surface area contributed by atoms with Crippen LogP contribution in [0.4, 0.5) is 5.69 Å². The number of furan rings is 2. The standard InChI is InChI=1S/C23H21N5O3S/c24-13-19-21(16-9-4-5-10-17(16)31-19)25-20(29)14-32-23-27-26-22(18-11-6-12-30-18)28(23)15-7-2-1-3-8-15/h4-6,9-12,15H,1-3,7-8,14H2,(H,25,29). The number of anilines is 1. The fraction of sp³-hybridized carbons (Fsp3) is 0.304. The van der Waals surface area contributed by atoms with Crippen LogP contribution >= 0.6 is 11.8 Å². The van der Waals surface area contributed by atoms with Gasteiger partial charge in [0.15, 0.2) is 10.9 Å². The predicted octanol–water partition coefficient (Wildman–Crippen LogP) is 5.39. The lowest BCUT2D eigenvalue weighted by Gasteiger charge is -2.25. The highest BCUT2D eigenvalue weighted by Crippen LogP contribution is 2.36. The highest BCUT2D eigenvalue weighted by atomic mass is 32.2. The number of nitrogens with one attached hydrogen (secondary N) is 1. The number of hydrogen-bond donors (Lipinski definition) is 1. The summed E-state index contributed by atoms with van der Waals surface area (Å²) in [7, 11) is 0. The maximum absolute atomic E-state index is 12.8. The van der Waals surface area contributed by atoms with Crippen LogP contribution in [0.25, 0.3) is 22.6 Å². The zero-order chi connectivity index (χ0) is 21.9. The smallest absolute Gasteiger partial charge is 0.234 e. The van der Waals surface area contributed by atoms with Crippen LogP contribution in [0.1, 0.15) is 43.9 Å². The second-order valence-electron chi connectivity index (χ2n) is 7.70. The van der Waals surface area contributed by atoms with Crippen LogP contribution in [0.15, 0.2) is 56.7 Å². The average molecular weight is 448 g/mol. The lowest BCUT2D eigenvalue weighted by molar-refractivity contribution is -0.113. The number of benzene rings is 1. The summed E-state index contributed by atoms with van der Waals surface area (Å²) in [5, 5.41) is 22.3. The van der Waals surface area contributed by atoms with Gasteiger partial charge in [-0.05, 0) is 37.1 Å². The Labute approximate surface area is 188 Å². The molecule has 9 heteroatoms. The van der Waals surface area contributed by atoms with Crippen molar-refractivity contribution in [1.29, 1.82) is 5.26 Å². The Morgan fingerprint density at radius 2 is 2.03 bits per heavy atom. The van der Waals surface area contributed by atoms with Gasteiger partial charge in [-0.3, -0.25) is 9.36 Å². The van der Waals surface area contributed by atoms with E-state index in [0.29, 0.717) is 33.4 Å². The Bertz CT molecular complexity index is 1280. The first-order chi connectivity index (χ1) is 15.7. The van der Waals surface area contributed by atoms with Crippen LogP contribution in [0.2, 0.25) is 0 Å². The van der Waals surface area contributed by atoms with Gasteiger partial charge < -0.3 is 14.2 Å². The number of nitriles is 1. The van der Waals surface area contributed by atoms with E-state index in [1.807, 2.05) is 36.4 Å². The molecule has 162 valence electrons. The number of carbonyl (C=O) groups is 1. The van der Waals surface area contributed by atoms with Crippen LogP contribution in [0.5, 0.6) is 0 Å². The molecule has 1 fully saturated rings. The topological polar surface area (TPSA) is 110 Å². The lowest BCUT2D eigenvalue weighted by atomic mass is 9.95. The fourth-order valence-corrected chi connectivity index (χ4v) is 4.98. The number of nitrogens with zero attached hydrogens (tertiary/aromatic N) is 4. The minimum absolute atomic E-state index is 0.0926. The molecule has 3 aromatic heterocycles. The molecular formula is C23H21N5O3S. The molecule has 0 unspecified atom stereocenters. The number of para-hydroxylation sites is 1. The first-order valence-corrected chi connectivity index (χ1v) is 11.6. The molecule has 3 heterocycles. The number of thioether (sulfide) groups is 1. The molecule has 0 aliphatic heterocycles. The Morgan fingerprint density at radius 1 is 1.19 bits per heavy atom. The summed E-state index contributed by atoms with van der Waals surface area (Å²) in [4.78, 5) is 12.8. The minimum atomic E-state index is -0.240. The minimum Gasteiger partial charge on any atom is -0.461 e.